The van der Waals surface area contributed by atoms with Crippen molar-refractivity contribution in [3.05, 3.63) is 23.9 Å². The largest absolute Gasteiger partial charge is 0.372 e. The van der Waals surface area contributed by atoms with Crippen LogP contribution in [-0.4, -0.2) is 67.3 Å². The number of pyridine rings is 1. The minimum Gasteiger partial charge on any atom is -0.372 e. The van der Waals surface area contributed by atoms with Crippen molar-refractivity contribution in [2.24, 2.45) is 0 Å². The van der Waals surface area contributed by atoms with E-state index in [0.29, 0.717) is 5.56 Å². The number of anilines is 1. The van der Waals surface area contributed by atoms with Crippen molar-refractivity contribution in [1.82, 2.24) is 15.2 Å². The van der Waals surface area contributed by atoms with Gasteiger partial charge in [-0.25, -0.2) is 4.98 Å². The Balaban J connectivity index is 0.00000192. The first-order valence-electron chi connectivity index (χ1n) is 8.00. The second-order valence-corrected chi connectivity index (χ2v) is 6.11. The maximum absolute atomic E-state index is 12.4. The van der Waals surface area contributed by atoms with Crippen LogP contribution in [0.5, 0.6) is 0 Å². The number of hydrogen-bond donors (Lipinski definition) is 1. The fourth-order valence-corrected chi connectivity index (χ4v) is 3.12. The molecule has 23 heavy (non-hydrogen) atoms. The van der Waals surface area contributed by atoms with Crippen LogP contribution in [0.25, 0.3) is 0 Å². The summed E-state index contributed by atoms with van der Waals surface area (Å²) in [5.41, 5.74) is 0.667. The van der Waals surface area contributed by atoms with Crippen molar-refractivity contribution in [2.45, 2.75) is 26.1 Å². The number of nitrogens with zero attached hydrogens (tertiary/aromatic N) is 3. The lowest BCUT2D eigenvalue weighted by molar-refractivity contribution is -0.00546. The van der Waals surface area contributed by atoms with Crippen molar-refractivity contribution in [1.29, 1.82) is 0 Å². The summed E-state index contributed by atoms with van der Waals surface area (Å²) in [5.74, 6) is 0.989. The fourth-order valence-electron chi connectivity index (χ4n) is 3.12. The Hall–Kier alpha value is -1.37. The van der Waals surface area contributed by atoms with E-state index in [1.807, 2.05) is 17.0 Å². The minimum absolute atomic E-state index is 0. The Kier molecular flexibility index (Phi) is 6.21. The highest BCUT2D eigenvalue weighted by molar-refractivity contribution is 5.94. The molecule has 0 aliphatic carbocycles. The highest BCUT2D eigenvalue weighted by atomic mass is 35.5. The molecule has 2 aliphatic rings. The lowest BCUT2D eigenvalue weighted by Gasteiger charge is -2.36. The zero-order chi connectivity index (χ0) is 15.5. The molecule has 1 N–H and O–H groups in total. The summed E-state index contributed by atoms with van der Waals surface area (Å²) in [7, 11) is 0. The third-order valence-electron chi connectivity index (χ3n) is 4.14. The Morgan fingerprint density at radius 3 is 2.43 bits per heavy atom. The molecule has 0 radical (unpaired) electrons. The van der Waals surface area contributed by atoms with Gasteiger partial charge < -0.3 is 19.9 Å². The number of carbonyl (C=O) groups is 1. The molecule has 2 unspecified atom stereocenters. The molecule has 7 heteroatoms. The van der Waals surface area contributed by atoms with Crippen LogP contribution in [0, 0.1) is 0 Å². The van der Waals surface area contributed by atoms with E-state index in [0.717, 1.165) is 45.1 Å². The van der Waals surface area contributed by atoms with Crippen LogP contribution in [0.2, 0.25) is 0 Å². The number of halogens is 1. The number of ether oxygens (including phenoxy) is 1. The standard InChI is InChI=1S/C16H24N4O2.ClH/c1-12-10-20(11-13(2)22-12)15-4-3-14(9-18-15)16(21)19-7-5-17-6-8-19;/h3-4,9,12-13,17H,5-8,10-11H2,1-2H3;1H. The van der Waals surface area contributed by atoms with E-state index in [-0.39, 0.29) is 30.5 Å². The first-order valence-corrected chi connectivity index (χ1v) is 8.00. The molecule has 0 aromatic carbocycles. The quantitative estimate of drug-likeness (QED) is 0.875. The number of hydrogen-bond acceptors (Lipinski definition) is 5. The third kappa shape index (κ3) is 4.34. The van der Waals surface area contributed by atoms with Gasteiger partial charge in [-0.15, -0.1) is 12.4 Å². The molecular formula is C16H25ClN4O2. The second-order valence-electron chi connectivity index (χ2n) is 6.11. The van der Waals surface area contributed by atoms with Gasteiger partial charge in [0.05, 0.1) is 17.8 Å². The van der Waals surface area contributed by atoms with Gasteiger partial charge in [-0.3, -0.25) is 4.79 Å². The summed E-state index contributed by atoms with van der Waals surface area (Å²) in [6.07, 6.45) is 2.10. The van der Waals surface area contributed by atoms with E-state index in [1.165, 1.54) is 0 Å². The molecule has 1 amide bonds. The van der Waals surface area contributed by atoms with Gasteiger partial charge in [0.1, 0.15) is 5.82 Å². The minimum atomic E-state index is 0. The van der Waals surface area contributed by atoms with E-state index < -0.39 is 0 Å². The van der Waals surface area contributed by atoms with E-state index in [4.69, 9.17) is 4.74 Å². The molecule has 1 aromatic rings. The monoisotopic (exact) mass is 340 g/mol. The zero-order valence-electron chi connectivity index (χ0n) is 13.7. The van der Waals surface area contributed by atoms with E-state index in [9.17, 15) is 4.79 Å². The van der Waals surface area contributed by atoms with Crippen LogP contribution in [0.3, 0.4) is 0 Å². The lowest BCUT2D eigenvalue weighted by atomic mass is 10.2. The van der Waals surface area contributed by atoms with Gasteiger partial charge in [0.25, 0.3) is 5.91 Å². The number of aromatic nitrogens is 1. The number of morpholine rings is 1. The van der Waals surface area contributed by atoms with Crippen LogP contribution in [0.15, 0.2) is 18.3 Å². The number of rotatable bonds is 2. The van der Waals surface area contributed by atoms with E-state index in [1.54, 1.807) is 6.20 Å². The van der Waals surface area contributed by atoms with Gasteiger partial charge in [-0.2, -0.15) is 0 Å². The van der Waals surface area contributed by atoms with Crippen molar-refractivity contribution < 1.29 is 9.53 Å². The van der Waals surface area contributed by atoms with Gasteiger partial charge in [-0.1, -0.05) is 0 Å². The highest BCUT2D eigenvalue weighted by Crippen LogP contribution is 2.18. The topological polar surface area (TPSA) is 57.7 Å². The molecule has 2 fully saturated rings. The molecule has 6 nitrogen and oxygen atoms in total. The van der Waals surface area contributed by atoms with Crippen LogP contribution in [0.4, 0.5) is 5.82 Å². The summed E-state index contributed by atoms with van der Waals surface area (Å²) in [4.78, 5) is 21.0. The Labute approximate surface area is 143 Å². The molecule has 3 heterocycles. The third-order valence-corrected chi connectivity index (χ3v) is 4.14. The molecule has 128 valence electrons. The lowest BCUT2D eigenvalue weighted by Crippen LogP contribution is -2.46. The Morgan fingerprint density at radius 1 is 1.22 bits per heavy atom. The van der Waals surface area contributed by atoms with Gasteiger partial charge in [-0.05, 0) is 26.0 Å². The maximum atomic E-state index is 12.4. The summed E-state index contributed by atoms with van der Waals surface area (Å²) < 4.78 is 5.74. The molecular weight excluding hydrogens is 316 g/mol. The van der Waals surface area contributed by atoms with Crippen molar-refractivity contribution in [2.75, 3.05) is 44.2 Å². The molecule has 0 bridgehead atoms. The van der Waals surface area contributed by atoms with E-state index >= 15 is 0 Å². The number of carbonyl (C=O) groups excluding carboxylic acids is 1. The summed E-state index contributed by atoms with van der Waals surface area (Å²) >= 11 is 0. The maximum Gasteiger partial charge on any atom is 0.255 e. The number of amides is 1. The first-order chi connectivity index (χ1) is 10.6. The Bertz CT molecular complexity index is 509. The SMILES string of the molecule is CC1CN(c2ccc(C(=O)N3CCNCC3)cn2)CC(C)O1.Cl. The molecule has 3 rings (SSSR count). The van der Waals surface area contributed by atoms with Gasteiger partial charge in [0, 0.05) is 45.5 Å². The Morgan fingerprint density at radius 2 is 1.87 bits per heavy atom. The summed E-state index contributed by atoms with van der Waals surface area (Å²) in [6, 6.07) is 3.83. The molecule has 1 aromatic heterocycles. The van der Waals surface area contributed by atoms with Crippen LogP contribution < -0.4 is 10.2 Å². The molecule has 2 atom stereocenters. The number of nitrogens with one attached hydrogen (secondary N) is 1. The van der Waals surface area contributed by atoms with Crippen molar-refractivity contribution in [3.63, 3.8) is 0 Å². The number of piperazine rings is 1. The smallest absolute Gasteiger partial charge is 0.255 e. The van der Waals surface area contributed by atoms with Crippen LogP contribution in [0.1, 0.15) is 24.2 Å². The first kappa shape index (κ1) is 18.0. The molecule has 0 spiro atoms. The van der Waals surface area contributed by atoms with Crippen molar-refractivity contribution in [3.8, 4) is 0 Å². The summed E-state index contributed by atoms with van der Waals surface area (Å²) in [5, 5.41) is 3.25. The molecule has 2 aliphatic heterocycles. The fraction of sp³-hybridized carbons (Fsp3) is 0.625. The van der Waals surface area contributed by atoms with Crippen molar-refractivity contribution >= 4 is 24.1 Å². The summed E-state index contributed by atoms with van der Waals surface area (Å²) in [6.45, 7) is 9.07. The van der Waals surface area contributed by atoms with Crippen LogP contribution >= 0.6 is 12.4 Å². The van der Waals surface area contributed by atoms with Gasteiger partial charge >= 0.3 is 0 Å². The predicted molar refractivity (Wildman–Crippen MR) is 92.5 cm³/mol. The second kappa shape index (κ2) is 7.95. The zero-order valence-corrected chi connectivity index (χ0v) is 14.5. The van der Waals surface area contributed by atoms with Crippen LogP contribution in [-0.2, 0) is 4.74 Å². The van der Waals surface area contributed by atoms with Gasteiger partial charge in [0.2, 0.25) is 0 Å². The van der Waals surface area contributed by atoms with E-state index in [2.05, 4.69) is 29.0 Å². The molecule has 0 saturated carbocycles. The average Bonchev–Trinajstić information content (AvgIpc) is 2.54. The normalized spacial score (nSPS) is 25.0. The predicted octanol–water partition coefficient (Wildman–Crippen LogP) is 1.16. The molecule has 2 saturated heterocycles. The highest BCUT2D eigenvalue weighted by Gasteiger charge is 2.24. The van der Waals surface area contributed by atoms with Gasteiger partial charge in [0.15, 0.2) is 0 Å². The average molecular weight is 341 g/mol.